The number of nitro benzene ring substituents is 1. The van der Waals surface area contributed by atoms with Crippen molar-refractivity contribution in [2.45, 2.75) is 53.1 Å². The van der Waals surface area contributed by atoms with Gasteiger partial charge in [0.1, 0.15) is 5.92 Å². The maximum absolute atomic E-state index is 13.6. The number of nitro groups is 1. The molecular weight excluding hydrogens is 428 g/mol. The van der Waals surface area contributed by atoms with Crippen molar-refractivity contribution in [1.82, 2.24) is 5.32 Å². The molecule has 1 heterocycles. The predicted molar refractivity (Wildman–Crippen MR) is 119 cm³/mol. The lowest BCUT2D eigenvalue weighted by molar-refractivity contribution is -0.385. The van der Waals surface area contributed by atoms with Gasteiger partial charge in [-0.05, 0) is 45.6 Å². The zero-order valence-electron chi connectivity index (χ0n) is 19.6. The van der Waals surface area contributed by atoms with Gasteiger partial charge < -0.3 is 14.8 Å². The maximum Gasteiger partial charge on any atom is 0.337 e. The molecule has 3 atom stereocenters. The maximum atomic E-state index is 13.6. The van der Waals surface area contributed by atoms with Crippen LogP contribution in [0.25, 0.3) is 0 Å². The third-order valence-corrected chi connectivity index (χ3v) is 6.07. The van der Waals surface area contributed by atoms with Gasteiger partial charge in [-0.15, -0.1) is 0 Å². The molecule has 33 heavy (non-hydrogen) atoms. The van der Waals surface area contributed by atoms with Gasteiger partial charge in [-0.3, -0.25) is 19.7 Å². The van der Waals surface area contributed by atoms with Gasteiger partial charge >= 0.3 is 11.9 Å². The average molecular weight is 456 g/mol. The fourth-order valence-corrected chi connectivity index (χ4v) is 4.56. The Morgan fingerprint density at radius 3 is 2.48 bits per heavy atom. The Hall–Kier alpha value is -3.49. The Balaban J connectivity index is 2.25. The van der Waals surface area contributed by atoms with Gasteiger partial charge in [-0.2, -0.15) is 0 Å². The molecule has 1 N–H and O–H groups in total. The quantitative estimate of drug-likeness (QED) is 0.309. The number of allylic oxidation sites excluding steroid dienone is 3. The summed E-state index contributed by atoms with van der Waals surface area (Å²) < 4.78 is 10.3. The van der Waals surface area contributed by atoms with Gasteiger partial charge in [-0.25, -0.2) is 4.79 Å². The van der Waals surface area contributed by atoms with E-state index in [9.17, 15) is 24.5 Å². The first-order valence-corrected chi connectivity index (χ1v) is 10.8. The summed E-state index contributed by atoms with van der Waals surface area (Å²) in [5, 5.41) is 14.8. The lowest BCUT2D eigenvalue weighted by atomic mass is 9.69. The van der Waals surface area contributed by atoms with E-state index in [2.05, 4.69) is 5.32 Å². The molecule has 0 saturated heterocycles. The number of Topliss-reactive ketones (excluding diaryl/α,β-unsaturated/α-hetero) is 1. The number of nitrogens with one attached hydrogen (secondary N) is 1. The molecule has 2 aliphatic rings. The van der Waals surface area contributed by atoms with Crippen LogP contribution in [-0.2, 0) is 23.9 Å². The second kappa shape index (κ2) is 9.17. The Kier molecular flexibility index (Phi) is 6.71. The summed E-state index contributed by atoms with van der Waals surface area (Å²) >= 11 is 0. The van der Waals surface area contributed by atoms with Crippen LogP contribution in [0.15, 0.2) is 40.7 Å². The van der Waals surface area contributed by atoms with Crippen molar-refractivity contribution in [3.63, 3.8) is 0 Å². The van der Waals surface area contributed by atoms with E-state index in [1.165, 1.54) is 13.2 Å². The summed E-state index contributed by atoms with van der Waals surface area (Å²) in [5.74, 6) is -4.00. The molecular formula is C24H28N2O7. The molecule has 0 amide bonds. The van der Waals surface area contributed by atoms with E-state index < -0.39 is 40.6 Å². The van der Waals surface area contributed by atoms with Crippen LogP contribution in [0, 0.1) is 28.9 Å². The summed E-state index contributed by atoms with van der Waals surface area (Å²) in [5.41, 5.74) is 2.26. The first-order chi connectivity index (χ1) is 15.5. The topological polar surface area (TPSA) is 125 Å². The van der Waals surface area contributed by atoms with E-state index >= 15 is 0 Å². The smallest absolute Gasteiger partial charge is 0.337 e. The van der Waals surface area contributed by atoms with E-state index in [4.69, 9.17) is 9.47 Å². The molecule has 1 aliphatic heterocycles. The summed E-state index contributed by atoms with van der Waals surface area (Å²) in [6.07, 6.45) is -0.0270. The Morgan fingerprint density at radius 2 is 1.91 bits per heavy atom. The van der Waals surface area contributed by atoms with Gasteiger partial charge in [0.15, 0.2) is 5.78 Å². The zero-order valence-corrected chi connectivity index (χ0v) is 19.6. The molecule has 0 saturated carbocycles. The number of carbonyl (C=O) groups excluding carboxylic acids is 3. The number of hydrogen-bond acceptors (Lipinski definition) is 8. The molecule has 0 fully saturated rings. The summed E-state index contributed by atoms with van der Waals surface area (Å²) in [6.45, 7) is 8.53. The van der Waals surface area contributed by atoms with Crippen molar-refractivity contribution in [1.29, 1.82) is 0 Å². The fraction of sp³-hybridized carbons (Fsp3) is 0.458. The molecule has 9 heteroatoms. The lowest BCUT2D eigenvalue weighted by Crippen LogP contribution is -2.43. The summed E-state index contributed by atoms with van der Waals surface area (Å²) in [7, 11) is 1.22. The summed E-state index contributed by atoms with van der Waals surface area (Å²) in [4.78, 5) is 50.3. The van der Waals surface area contributed by atoms with Gasteiger partial charge in [0, 0.05) is 34.5 Å². The Morgan fingerprint density at radius 1 is 1.24 bits per heavy atom. The van der Waals surface area contributed by atoms with E-state index in [0.29, 0.717) is 28.9 Å². The molecule has 0 spiro atoms. The number of methoxy groups -OCH3 is 1. The van der Waals surface area contributed by atoms with E-state index in [0.717, 1.165) is 0 Å². The molecule has 0 bridgehead atoms. The van der Waals surface area contributed by atoms with Crippen LogP contribution in [0.3, 0.4) is 0 Å². The molecule has 1 aromatic carbocycles. The molecule has 1 aromatic rings. The molecule has 0 radical (unpaired) electrons. The van der Waals surface area contributed by atoms with Crippen molar-refractivity contribution in [2.24, 2.45) is 11.8 Å². The number of esters is 2. The standard InChI is InChI=1S/C24H28N2O7/c1-11(2)33-24(29)19-14(5)25-16-9-13(4)18(23(28)32-6)22(27)21(16)20(19)15-8-7-12(3)17(10-15)26(30)31/h7-8,10-11,13,18,20,25H,9H2,1-6H3. The van der Waals surface area contributed by atoms with Crippen LogP contribution in [0.4, 0.5) is 5.69 Å². The van der Waals surface area contributed by atoms with Crippen LogP contribution < -0.4 is 5.32 Å². The molecule has 3 rings (SSSR count). The molecule has 1 aliphatic carbocycles. The average Bonchev–Trinajstić information content (AvgIpc) is 2.72. The number of ketones is 1. The number of dihydropyridines is 1. The van der Waals surface area contributed by atoms with E-state index in [1.807, 2.05) is 0 Å². The highest BCUT2D eigenvalue weighted by atomic mass is 16.6. The molecule has 9 nitrogen and oxygen atoms in total. The SMILES string of the molecule is COC(=O)C1C(=O)C2=C(CC1C)NC(C)=C(C(=O)OC(C)C)C2c1ccc(C)c([N+](=O)[O-])c1. The molecule has 176 valence electrons. The Bertz CT molecular complexity index is 1100. The minimum Gasteiger partial charge on any atom is -0.468 e. The number of carbonyl (C=O) groups is 3. The highest BCUT2D eigenvalue weighted by Crippen LogP contribution is 2.46. The molecule has 3 unspecified atom stereocenters. The van der Waals surface area contributed by atoms with Crippen molar-refractivity contribution in [3.05, 3.63) is 62.0 Å². The third-order valence-electron chi connectivity index (χ3n) is 6.07. The number of aryl methyl sites for hydroxylation is 1. The second-order valence-corrected chi connectivity index (χ2v) is 8.79. The third kappa shape index (κ3) is 4.40. The van der Waals surface area contributed by atoms with Gasteiger partial charge in [0.05, 0.1) is 23.7 Å². The van der Waals surface area contributed by atoms with E-state index in [-0.39, 0.29) is 22.8 Å². The van der Waals surface area contributed by atoms with Gasteiger partial charge in [0.25, 0.3) is 5.69 Å². The van der Waals surface area contributed by atoms with Gasteiger partial charge in [-0.1, -0.05) is 19.1 Å². The first kappa shape index (κ1) is 24.2. The number of hydrogen-bond donors (Lipinski definition) is 1. The number of nitrogens with zero attached hydrogens (tertiary/aromatic N) is 1. The lowest BCUT2D eigenvalue weighted by Gasteiger charge is -2.38. The van der Waals surface area contributed by atoms with Crippen molar-refractivity contribution in [3.8, 4) is 0 Å². The highest BCUT2D eigenvalue weighted by Gasteiger charge is 2.47. The Labute approximate surface area is 192 Å². The zero-order chi connectivity index (χ0) is 24.6. The van der Waals surface area contributed by atoms with Crippen LogP contribution in [0.1, 0.15) is 51.2 Å². The first-order valence-electron chi connectivity index (χ1n) is 10.8. The largest absolute Gasteiger partial charge is 0.468 e. The van der Waals surface area contributed by atoms with Crippen molar-refractivity contribution < 1.29 is 28.8 Å². The van der Waals surface area contributed by atoms with Crippen LogP contribution in [-0.4, -0.2) is 35.9 Å². The minimum atomic E-state index is -1.03. The van der Waals surface area contributed by atoms with E-state index in [1.54, 1.807) is 46.8 Å². The van der Waals surface area contributed by atoms with Crippen LogP contribution >= 0.6 is 0 Å². The molecule has 0 aromatic heterocycles. The highest BCUT2D eigenvalue weighted by molar-refractivity contribution is 6.12. The number of benzene rings is 1. The number of rotatable bonds is 5. The normalized spacial score (nSPS) is 22.6. The predicted octanol–water partition coefficient (Wildman–Crippen LogP) is 3.47. The second-order valence-electron chi connectivity index (χ2n) is 8.79. The monoisotopic (exact) mass is 456 g/mol. The summed E-state index contributed by atoms with van der Waals surface area (Å²) in [6, 6.07) is 4.63. The van der Waals surface area contributed by atoms with Gasteiger partial charge in [0.2, 0.25) is 0 Å². The number of ether oxygens (including phenoxy) is 2. The minimum absolute atomic E-state index is 0.122. The fourth-order valence-electron chi connectivity index (χ4n) is 4.56. The van der Waals surface area contributed by atoms with Crippen LogP contribution in [0.5, 0.6) is 0 Å². The van der Waals surface area contributed by atoms with Crippen molar-refractivity contribution >= 4 is 23.4 Å². The van der Waals surface area contributed by atoms with Crippen LogP contribution in [0.2, 0.25) is 0 Å². The van der Waals surface area contributed by atoms with Crippen molar-refractivity contribution in [2.75, 3.05) is 7.11 Å².